The molecule has 0 aliphatic carbocycles. The Kier molecular flexibility index (Phi) is 7.43. The SMILES string of the molecule is C[C@H](CO)N1C(=O)[C@@H]2[C@@H]3C(=O)OCCCC/C=C\[C@]3(C)S[C@@]23C=CCN(C(C)(C)CC(C)(C)C)C(=O)C13. The molecule has 2 amide bonds. The Labute approximate surface area is 226 Å². The van der Waals surface area contributed by atoms with Crippen molar-refractivity contribution in [2.45, 2.75) is 101 Å². The summed E-state index contributed by atoms with van der Waals surface area (Å²) in [6.45, 7) is 14.9. The minimum absolute atomic E-state index is 0.00378. The van der Waals surface area contributed by atoms with Gasteiger partial charge in [-0.05, 0) is 58.8 Å². The summed E-state index contributed by atoms with van der Waals surface area (Å²) < 4.78 is 4.09. The first-order valence-corrected chi connectivity index (χ1v) is 14.5. The third-order valence-corrected chi connectivity index (χ3v) is 10.2. The van der Waals surface area contributed by atoms with Gasteiger partial charge in [0.25, 0.3) is 0 Å². The molecule has 0 aromatic heterocycles. The van der Waals surface area contributed by atoms with Crippen molar-refractivity contribution in [3.8, 4) is 0 Å². The summed E-state index contributed by atoms with van der Waals surface area (Å²) in [7, 11) is 0. The molecule has 0 radical (unpaired) electrons. The standard InChI is InChI=1S/C29H44N2O5S/c1-19(17-32)31-22-24(34)30(27(5,6)18-26(2,3)4)15-12-14-29(22)20(23(31)33)21-25(35)36-16-11-9-8-10-13-28(21,7)37-29/h10,12-14,19-22,32H,8-9,11,15-18H2,1-7H3/b13-10-/t19-,20+,21-,22?,28+,29+/m1/s1. The Morgan fingerprint density at radius 2 is 1.78 bits per heavy atom. The van der Waals surface area contributed by atoms with E-state index in [-0.39, 0.29) is 29.8 Å². The summed E-state index contributed by atoms with van der Waals surface area (Å²) in [6, 6.07) is -1.37. The van der Waals surface area contributed by atoms with Crippen LogP contribution in [0.5, 0.6) is 0 Å². The van der Waals surface area contributed by atoms with E-state index in [1.807, 2.05) is 24.0 Å². The molecule has 1 spiro atoms. The number of hydrogen-bond donors (Lipinski definition) is 1. The highest BCUT2D eigenvalue weighted by Crippen LogP contribution is 2.65. The third kappa shape index (κ3) is 4.77. The van der Waals surface area contributed by atoms with Crippen molar-refractivity contribution >= 4 is 29.5 Å². The quantitative estimate of drug-likeness (QED) is 0.436. The zero-order valence-electron chi connectivity index (χ0n) is 23.5. The van der Waals surface area contributed by atoms with Gasteiger partial charge in [0.2, 0.25) is 11.8 Å². The first kappa shape index (κ1) is 28.2. The molecule has 4 aliphatic heterocycles. The molecule has 4 aliphatic rings. The molecule has 0 aromatic carbocycles. The zero-order valence-corrected chi connectivity index (χ0v) is 24.3. The fraction of sp³-hybridized carbons (Fsp3) is 0.759. The fourth-order valence-corrected chi connectivity index (χ4v) is 9.38. The van der Waals surface area contributed by atoms with Crippen LogP contribution in [0, 0.1) is 17.3 Å². The number of carbonyl (C=O) groups is 3. The normalized spacial score (nSPS) is 36.4. The largest absolute Gasteiger partial charge is 0.465 e. The maximum Gasteiger partial charge on any atom is 0.311 e. The van der Waals surface area contributed by atoms with E-state index < -0.39 is 39.0 Å². The van der Waals surface area contributed by atoms with Crippen molar-refractivity contribution < 1.29 is 24.2 Å². The Bertz CT molecular complexity index is 1000. The van der Waals surface area contributed by atoms with Crippen LogP contribution in [-0.4, -0.2) is 79.6 Å². The van der Waals surface area contributed by atoms with Gasteiger partial charge < -0.3 is 19.6 Å². The highest BCUT2D eigenvalue weighted by Gasteiger charge is 2.74. The molecule has 2 saturated heterocycles. The maximum atomic E-state index is 14.6. The number of thioether (sulfide) groups is 1. The number of allylic oxidation sites excluding steroid dienone is 1. The molecule has 4 heterocycles. The van der Waals surface area contributed by atoms with Crippen LogP contribution in [0.3, 0.4) is 0 Å². The molecular weight excluding hydrogens is 488 g/mol. The number of rotatable bonds is 4. The number of aliphatic hydroxyl groups excluding tert-OH is 1. The van der Waals surface area contributed by atoms with E-state index in [2.05, 4.69) is 46.8 Å². The Balaban J connectivity index is 1.86. The molecular formula is C29H44N2O5S. The topological polar surface area (TPSA) is 87.2 Å². The van der Waals surface area contributed by atoms with Crippen LogP contribution in [0.4, 0.5) is 0 Å². The first-order valence-electron chi connectivity index (χ1n) is 13.7. The van der Waals surface area contributed by atoms with Crippen molar-refractivity contribution in [3.05, 3.63) is 24.3 Å². The summed E-state index contributed by atoms with van der Waals surface area (Å²) in [5, 5.41) is 10.1. The molecule has 1 N–H and O–H groups in total. The number of hydrogen-bond acceptors (Lipinski definition) is 6. The number of fused-ring (bicyclic) bond motifs is 2. The van der Waals surface area contributed by atoms with Crippen LogP contribution >= 0.6 is 11.8 Å². The van der Waals surface area contributed by atoms with Crippen LogP contribution in [0.1, 0.15) is 74.1 Å². The minimum Gasteiger partial charge on any atom is -0.465 e. The van der Waals surface area contributed by atoms with Crippen LogP contribution in [0.2, 0.25) is 0 Å². The second-order valence-electron chi connectivity index (χ2n) is 13.2. The Hall–Kier alpha value is -1.80. The van der Waals surface area contributed by atoms with E-state index in [0.29, 0.717) is 13.2 Å². The number of carbonyl (C=O) groups excluding carboxylic acids is 3. The number of esters is 1. The molecule has 0 aromatic rings. The molecule has 4 rings (SSSR count). The number of ether oxygens (including phenoxy) is 1. The lowest BCUT2D eigenvalue weighted by Gasteiger charge is -2.45. The molecule has 0 bridgehead atoms. The van der Waals surface area contributed by atoms with Gasteiger partial charge in [-0.15, -0.1) is 11.8 Å². The van der Waals surface area contributed by atoms with Crippen LogP contribution in [0.25, 0.3) is 0 Å². The van der Waals surface area contributed by atoms with E-state index in [1.165, 1.54) is 0 Å². The van der Waals surface area contributed by atoms with Crippen molar-refractivity contribution in [1.82, 2.24) is 9.80 Å². The van der Waals surface area contributed by atoms with E-state index >= 15 is 0 Å². The van der Waals surface area contributed by atoms with E-state index in [1.54, 1.807) is 23.6 Å². The zero-order chi connectivity index (χ0) is 27.4. The Morgan fingerprint density at radius 3 is 2.43 bits per heavy atom. The molecule has 0 saturated carbocycles. The average molecular weight is 533 g/mol. The third-order valence-electron chi connectivity index (χ3n) is 8.37. The highest BCUT2D eigenvalue weighted by atomic mass is 32.2. The summed E-state index contributed by atoms with van der Waals surface area (Å²) in [5.74, 6) is -2.20. The molecule has 6 atom stereocenters. The van der Waals surface area contributed by atoms with Crippen LogP contribution in [-0.2, 0) is 19.1 Å². The predicted octanol–water partition coefficient (Wildman–Crippen LogP) is 3.95. The van der Waals surface area contributed by atoms with Crippen LogP contribution < -0.4 is 0 Å². The van der Waals surface area contributed by atoms with Gasteiger partial charge in [0, 0.05) is 16.8 Å². The van der Waals surface area contributed by atoms with E-state index in [4.69, 9.17) is 4.74 Å². The lowest BCUT2D eigenvalue weighted by Crippen LogP contribution is -2.60. The van der Waals surface area contributed by atoms with Gasteiger partial charge >= 0.3 is 5.97 Å². The predicted molar refractivity (Wildman–Crippen MR) is 146 cm³/mol. The summed E-state index contributed by atoms with van der Waals surface area (Å²) in [4.78, 5) is 45.9. The van der Waals surface area contributed by atoms with Crippen LogP contribution in [0.15, 0.2) is 24.3 Å². The lowest BCUT2D eigenvalue weighted by atomic mass is 9.74. The van der Waals surface area contributed by atoms with E-state index in [9.17, 15) is 19.5 Å². The van der Waals surface area contributed by atoms with Gasteiger partial charge in [0.05, 0.1) is 35.8 Å². The number of amides is 2. The molecule has 1 unspecified atom stereocenters. The van der Waals surface area contributed by atoms with Gasteiger partial charge in [0.15, 0.2) is 0 Å². The van der Waals surface area contributed by atoms with Crippen molar-refractivity contribution in [2.75, 3.05) is 19.8 Å². The summed E-state index contributed by atoms with van der Waals surface area (Å²) in [5.41, 5.74) is -0.458. The van der Waals surface area contributed by atoms with E-state index in [0.717, 1.165) is 25.7 Å². The lowest BCUT2D eigenvalue weighted by molar-refractivity contribution is -0.155. The summed E-state index contributed by atoms with van der Waals surface area (Å²) in [6.07, 6.45) is 11.6. The van der Waals surface area contributed by atoms with Gasteiger partial charge in [-0.2, -0.15) is 0 Å². The maximum absolute atomic E-state index is 14.6. The van der Waals surface area contributed by atoms with Gasteiger partial charge in [-0.1, -0.05) is 45.1 Å². The molecule has 7 nitrogen and oxygen atoms in total. The smallest absolute Gasteiger partial charge is 0.311 e. The van der Waals surface area contributed by atoms with Crippen molar-refractivity contribution in [3.63, 3.8) is 0 Å². The van der Waals surface area contributed by atoms with Gasteiger partial charge in [0.1, 0.15) is 6.04 Å². The minimum atomic E-state index is -0.930. The average Bonchev–Trinajstić information content (AvgIpc) is 3.11. The molecule has 37 heavy (non-hydrogen) atoms. The molecule has 8 heteroatoms. The van der Waals surface area contributed by atoms with Crippen molar-refractivity contribution in [1.29, 1.82) is 0 Å². The first-order chi connectivity index (χ1) is 17.2. The molecule has 2 fully saturated rings. The number of likely N-dealkylation sites (tertiary alicyclic amines) is 1. The van der Waals surface area contributed by atoms with Gasteiger partial charge in [-0.25, -0.2) is 0 Å². The second kappa shape index (κ2) is 9.74. The van der Waals surface area contributed by atoms with Crippen molar-refractivity contribution in [2.24, 2.45) is 17.3 Å². The highest BCUT2D eigenvalue weighted by molar-refractivity contribution is 8.02. The second-order valence-corrected chi connectivity index (χ2v) is 15.0. The monoisotopic (exact) mass is 532 g/mol. The number of nitrogens with zero attached hydrogens (tertiary/aromatic N) is 2. The Morgan fingerprint density at radius 1 is 1.08 bits per heavy atom. The summed E-state index contributed by atoms with van der Waals surface area (Å²) >= 11 is 1.55. The number of cyclic esters (lactones) is 1. The number of aliphatic hydroxyl groups is 1. The fourth-order valence-electron chi connectivity index (χ4n) is 7.24. The van der Waals surface area contributed by atoms with Gasteiger partial charge in [-0.3, -0.25) is 14.4 Å². The molecule has 206 valence electrons.